The second-order valence-corrected chi connectivity index (χ2v) is 9.08. The summed E-state index contributed by atoms with van der Waals surface area (Å²) in [6, 6.07) is 19.8. The van der Waals surface area contributed by atoms with Crippen molar-refractivity contribution in [2.45, 2.75) is 24.3 Å². The standard InChI is InChI=1S/C23H22N4OS2/c1-15-11-12-16(2)18(14-15)24-22(28)20(17-8-5-4-6-9-17)30-23-26-25-21(27(23)3)19-10-7-13-29-19/h4-14,20H,1-3H3,(H,24,28). The van der Waals surface area contributed by atoms with Gasteiger partial charge in [0.15, 0.2) is 11.0 Å². The molecule has 1 amide bonds. The molecule has 1 unspecified atom stereocenters. The number of rotatable bonds is 6. The first kappa shape index (κ1) is 20.4. The van der Waals surface area contributed by atoms with Crippen molar-refractivity contribution in [1.82, 2.24) is 14.8 Å². The molecular weight excluding hydrogens is 412 g/mol. The second-order valence-electron chi connectivity index (χ2n) is 7.06. The predicted octanol–water partition coefficient (Wildman–Crippen LogP) is 5.63. The summed E-state index contributed by atoms with van der Waals surface area (Å²) in [6.07, 6.45) is 0. The van der Waals surface area contributed by atoms with Crippen molar-refractivity contribution >= 4 is 34.7 Å². The number of hydrogen-bond donors (Lipinski definition) is 1. The van der Waals surface area contributed by atoms with E-state index in [1.54, 1.807) is 11.3 Å². The van der Waals surface area contributed by atoms with Gasteiger partial charge in [0.05, 0.1) is 4.88 Å². The zero-order valence-corrected chi connectivity index (χ0v) is 18.6. The zero-order chi connectivity index (χ0) is 21.1. The van der Waals surface area contributed by atoms with Crippen molar-refractivity contribution in [3.05, 3.63) is 82.7 Å². The number of carbonyl (C=O) groups is 1. The number of benzene rings is 2. The molecule has 0 bridgehead atoms. The van der Waals surface area contributed by atoms with Gasteiger partial charge in [-0.05, 0) is 48.1 Å². The number of nitrogens with zero attached hydrogens (tertiary/aromatic N) is 3. The molecule has 0 saturated carbocycles. The van der Waals surface area contributed by atoms with E-state index in [9.17, 15) is 4.79 Å². The number of aryl methyl sites for hydroxylation is 2. The summed E-state index contributed by atoms with van der Waals surface area (Å²) in [5.74, 6) is 0.717. The smallest absolute Gasteiger partial charge is 0.242 e. The molecule has 152 valence electrons. The van der Waals surface area contributed by atoms with Crippen LogP contribution in [-0.4, -0.2) is 20.7 Å². The molecule has 2 aromatic carbocycles. The number of hydrogen-bond acceptors (Lipinski definition) is 5. The number of thiophene rings is 1. The number of carbonyl (C=O) groups excluding carboxylic acids is 1. The van der Waals surface area contributed by atoms with Crippen LogP contribution in [0.2, 0.25) is 0 Å². The fourth-order valence-electron chi connectivity index (χ4n) is 3.11. The van der Waals surface area contributed by atoms with Crippen LogP contribution in [0.5, 0.6) is 0 Å². The Morgan fingerprint density at radius 1 is 1.07 bits per heavy atom. The molecule has 4 rings (SSSR count). The molecule has 5 nitrogen and oxygen atoms in total. The van der Waals surface area contributed by atoms with Gasteiger partial charge in [-0.3, -0.25) is 4.79 Å². The van der Waals surface area contributed by atoms with E-state index in [4.69, 9.17) is 0 Å². The van der Waals surface area contributed by atoms with Crippen LogP contribution >= 0.6 is 23.1 Å². The lowest BCUT2D eigenvalue weighted by molar-refractivity contribution is -0.115. The lowest BCUT2D eigenvalue weighted by Crippen LogP contribution is -2.20. The van der Waals surface area contributed by atoms with Crippen LogP contribution in [0.1, 0.15) is 21.9 Å². The van der Waals surface area contributed by atoms with E-state index in [0.29, 0.717) is 5.16 Å². The zero-order valence-electron chi connectivity index (χ0n) is 17.0. The first-order valence-corrected chi connectivity index (χ1v) is 11.3. The summed E-state index contributed by atoms with van der Waals surface area (Å²) in [5.41, 5.74) is 3.89. The Labute approximate surface area is 184 Å². The van der Waals surface area contributed by atoms with Crippen molar-refractivity contribution in [3.8, 4) is 10.7 Å². The SMILES string of the molecule is Cc1ccc(C)c(NC(=O)C(Sc2nnc(-c3cccs3)n2C)c2ccccc2)c1. The molecule has 2 heterocycles. The predicted molar refractivity (Wildman–Crippen MR) is 124 cm³/mol. The van der Waals surface area contributed by atoms with Crippen LogP contribution in [0, 0.1) is 13.8 Å². The minimum absolute atomic E-state index is 0.0828. The minimum atomic E-state index is -0.454. The van der Waals surface area contributed by atoms with E-state index in [1.165, 1.54) is 11.8 Å². The molecule has 0 fully saturated rings. The molecule has 0 spiro atoms. The van der Waals surface area contributed by atoms with Crippen molar-refractivity contribution in [3.63, 3.8) is 0 Å². The number of amides is 1. The van der Waals surface area contributed by atoms with Gasteiger partial charge in [-0.2, -0.15) is 0 Å². The van der Waals surface area contributed by atoms with Gasteiger partial charge < -0.3 is 9.88 Å². The molecule has 7 heteroatoms. The molecule has 0 aliphatic rings. The first-order chi connectivity index (χ1) is 14.5. The maximum atomic E-state index is 13.3. The maximum absolute atomic E-state index is 13.3. The van der Waals surface area contributed by atoms with Crippen LogP contribution in [0.15, 0.2) is 71.2 Å². The highest BCUT2D eigenvalue weighted by atomic mass is 32.2. The lowest BCUT2D eigenvalue weighted by Gasteiger charge is -2.18. The van der Waals surface area contributed by atoms with E-state index in [1.807, 2.05) is 91.5 Å². The highest BCUT2D eigenvalue weighted by Crippen LogP contribution is 2.37. The van der Waals surface area contributed by atoms with Gasteiger partial charge in [0, 0.05) is 12.7 Å². The lowest BCUT2D eigenvalue weighted by atomic mass is 10.1. The monoisotopic (exact) mass is 434 g/mol. The summed E-state index contributed by atoms with van der Waals surface area (Å²) in [7, 11) is 1.93. The largest absolute Gasteiger partial charge is 0.325 e. The fourth-order valence-corrected chi connectivity index (χ4v) is 4.86. The summed E-state index contributed by atoms with van der Waals surface area (Å²) < 4.78 is 1.94. The van der Waals surface area contributed by atoms with E-state index in [0.717, 1.165) is 33.1 Å². The third-order valence-corrected chi connectivity index (χ3v) is 6.95. The highest BCUT2D eigenvalue weighted by Gasteiger charge is 2.26. The van der Waals surface area contributed by atoms with Crippen molar-refractivity contribution < 1.29 is 4.79 Å². The normalized spacial score (nSPS) is 12.0. The van der Waals surface area contributed by atoms with Crippen molar-refractivity contribution in [1.29, 1.82) is 0 Å². The summed E-state index contributed by atoms with van der Waals surface area (Å²) in [6.45, 7) is 4.01. The first-order valence-electron chi connectivity index (χ1n) is 9.56. The molecule has 0 aliphatic carbocycles. The summed E-state index contributed by atoms with van der Waals surface area (Å²) in [5, 5.41) is 14.1. The quantitative estimate of drug-likeness (QED) is 0.399. The topological polar surface area (TPSA) is 59.8 Å². The molecule has 4 aromatic rings. The van der Waals surface area contributed by atoms with Gasteiger partial charge in [-0.1, -0.05) is 60.3 Å². The number of aromatic nitrogens is 3. The Kier molecular flexibility index (Phi) is 6.01. The number of thioether (sulfide) groups is 1. The molecule has 2 aromatic heterocycles. The van der Waals surface area contributed by atoms with Gasteiger partial charge in [0.1, 0.15) is 5.25 Å². The van der Waals surface area contributed by atoms with Gasteiger partial charge in [0.2, 0.25) is 5.91 Å². The third kappa shape index (κ3) is 4.32. The Morgan fingerprint density at radius 3 is 2.60 bits per heavy atom. The third-order valence-electron chi connectivity index (χ3n) is 4.79. The Hall–Kier alpha value is -2.90. The van der Waals surface area contributed by atoms with Gasteiger partial charge in [0.25, 0.3) is 0 Å². The van der Waals surface area contributed by atoms with Crippen molar-refractivity contribution in [2.75, 3.05) is 5.32 Å². The van der Waals surface area contributed by atoms with Crippen LogP contribution < -0.4 is 5.32 Å². The highest BCUT2D eigenvalue weighted by molar-refractivity contribution is 8.00. The Morgan fingerprint density at radius 2 is 1.87 bits per heavy atom. The van der Waals surface area contributed by atoms with Crippen LogP contribution in [-0.2, 0) is 11.8 Å². The molecular formula is C23H22N4OS2. The van der Waals surface area contributed by atoms with Crippen molar-refractivity contribution in [2.24, 2.45) is 7.05 Å². The Bertz CT molecular complexity index is 1150. The molecule has 1 atom stereocenters. The van der Waals surface area contributed by atoms with E-state index in [-0.39, 0.29) is 5.91 Å². The molecule has 0 radical (unpaired) electrons. The molecule has 1 N–H and O–H groups in total. The van der Waals surface area contributed by atoms with E-state index >= 15 is 0 Å². The van der Waals surface area contributed by atoms with E-state index in [2.05, 4.69) is 15.5 Å². The Balaban J connectivity index is 1.64. The maximum Gasteiger partial charge on any atom is 0.242 e. The van der Waals surface area contributed by atoms with Gasteiger partial charge >= 0.3 is 0 Å². The van der Waals surface area contributed by atoms with E-state index < -0.39 is 5.25 Å². The fraction of sp³-hybridized carbons (Fsp3) is 0.174. The minimum Gasteiger partial charge on any atom is -0.325 e. The summed E-state index contributed by atoms with van der Waals surface area (Å²) in [4.78, 5) is 14.4. The average molecular weight is 435 g/mol. The molecule has 30 heavy (non-hydrogen) atoms. The van der Waals surface area contributed by atoms with Crippen LogP contribution in [0.25, 0.3) is 10.7 Å². The average Bonchev–Trinajstić information content (AvgIpc) is 3.39. The second kappa shape index (κ2) is 8.85. The summed E-state index contributed by atoms with van der Waals surface area (Å²) >= 11 is 3.02. The van der Waals surface area contributed by atoms with Gasteiger partial charge in [-0.25, -0.2) is 0 Å². The molecule has 0 saturated heterocycles. The molecule has 0 aliphatic heterocycles. The number of nitrogens with one attached hydrogen (secondary N) is 1. The van der Waals surface area contributed by atoms with Crippen LogP contribution in [0.3, 0.4) is 0 Å². The van der Waals surface area contributed by atoms with Gasteiger partial charge in [-0.15, -0.1) is 21.5 Å². The van der Waals surface area contributed by atoms with Crippen LogP contribution in [0.4, 0.5) is 5.69 Å². The number of anilines is 1.